The van der Waals surface area contributed by atoms with Crippen LogP contribution >= 0.6 is 0 Å². The number of aliphatic hydroxyl groups is 1. The number of quaternary nitrogens is 1. The lowest BCUT2D eigenvalue weighted by Crippen LogP contribution is -2.50. The minimum absolute atomic E-state index is 0.363. The zero-order valence-electron chi connectivity index (χ0n) is 17.3. The average molecular weight is 343 g/mol. The molecule has 0 aliphatic heterocycles. The molecule has 0 aromatic rings. The summed E-state index contributed by atoms with van der Waals surface area (Å²) in [5.74, 6) is 0. The maximum Gasteiger partial charge on any atom is 0.0787 e. The van der Waals surface area contributed by atoms with Crippen LogP contribution in [0.1, 0.15) is 111 Å². The Labute approximate surface area is 153 Å². The zero-order valence-corrected chi connectivity index (χ0v) is 17.3. The monoisotopic (exact) mass is 342 g/mol. The summed E-state index contributed by atoms with van der Waals surface area (Å²) in [5, 5.41) is 9.19. The van der Waals surface area contributed by atoms with Crippen LogP contribution < -0.4 is 0 Å². The molecule has 0 saturated heterocycles. The molecule has 0 aliphatic carbocycles. The first-order valence-electron chi connectivity index (χ1n) is 11.2. The van der Waals surface area contributed by atoms with E-state index in [1.807, 2.05) is 0 Å². The summed E-state index contributed by atoms with van der Waals surface area (Å²) in [7, 11) is 0. The summed E-state index contributed by atoms with van der Waals surface area (Å²) >= 11 is 0. The second-order valence-corrected chi connectivity index (χ2v) is 7.85. The van der Waals surface area contributed by atoms with Crippen molar-refractivity contribution >= 4 is 0 Å². The molecule has 0 unspecified atom stereocenters. The smallest absolute Gasteiger partial charge is 0.0787 e. The lowest BCUT2D eigenvalue weighted by molar-refractivity contribution is -0.929. The highest BCUT2D eigenvalue weighted by Crippen LogP contribution is 2.18. The third kappa shape index (κ3) is 13.2. The number of rotatable bonds is 19. The van der Waals surface area contributed by atoms with Crippen LogP contribution in [0.4, 0.5) is 0 Å². The summed E-state index contributed by atoms with van der Waals surface area (Å²) in [6.07, 6.45) is 18.8. The Morgan fingerprint density at radius 1 is 0.458 bits per heavy atom. The van der Waals surface area contributed by atoms with Gasteiger partial charge in [0.25, 0.3) is 0 Å². The normalized spacial score (nSPS) is 12.0. The van der Waals surface area contributed by atoms with Crippen LogP contribution in [0.2, 0.25) is 0 Å². The molecule has 0 aromatic heterocycles. The van der Waals surface area contributed by atoms with Gasteiger partial charge in [0.1, 0.15) is 0 Å². The van der Waals surface area contributed by atoms with E-state index >= 15 is 0 Å². The minimum Gasteiger partial charge on any atom is -0.396 e. The van der Waals surface area contributed by atoms with Gasteiger partial charge in [-0.1, -0.05) is 59.3 Å². The van der Waals surface area contributed by atoms with Crippen molar-refractivity contribution in [2.45, 2.75) is 111 Å². The Balaban J connectivity index is 4.58. The molecule has 0 spiro atoms. The first-order valence-corrected chi connectivity index (χ1v) is 11.2. The molecule has 0 saturated carbocycles. The van der Waals surface area contributed by atoms with Crippen molar-refractivity contribution in [2.24, 2.45) is 0 Å². The van der Waals surface area contributed by atoms with Crippen molar-refractivity contribution in [3.8, 4) is 0 Å². The van der Waals surface area contributed by atoms with Gasteiger partial charge in [-0.15, -0.1) is 0 Å². The van der Waals surface area contributed by atoms with E-state index in [1.165, 1.54) is 114 Å². The first kappa shape index (κ1) is 23.9. The van der Waals surface area contributed by atoms with Gasteiger partial charge in [-0.3, -0.25) is 0 Å². The SMILES string of the molecule is CCCCCC[N+](CCCCO)(CCCCCC)CCCCCC. The van der Waals surface area contributed by atoms with Crippen LogP contribution in [0.15, 0.2) is 0 Å². The molecular weight excluding hydrogens is 294 g/mol. The molecular formula is C22H48NO+. The van der Waals surface area contributed by atoms with Gasteiger partial charge in [0.15, 0.2) is 0 Å². The summed E-state index contributed by atoms with van der Waals surface area (Å²) in [6.45, 7) is 12.7. The Hall–Kier alpha value is -0.0800. The van der Waals surface area contributed by atoms with E-state index < -0.39 is 0 Å². The van der Waals surface area contributed by atoms with Crippen LogP contribution in [0.25, 0.3) is 0 Å². The molecule has 0 aromatic carbocycles. The lowest BCUT2D eigenvalue weighted by Gasteiger charge is -2.39. The number of hydrogen-bond acceptors (Lipinski definition) is 1. The Morgan fingerprint density at radius 2 is 0.792 bits per heavy atom. The summed E-state index contributed by atoms with van der Waals surface area (Å²) in [5.41, 5.74) is 0. The van der Waals surface area contributed by atoms with Gasteiger partial charge in [0.05, 0.1) is 26.2 Å². The van der Waals surface area contributed by atoms with Gasteiger partial charge in [-0.2, -0.15) is 0 Å². The van der Waals surface area contributed by atoms with E-state index in [4.69, 9.17) is 0 Å². The van der Waals surface area contributed by atoms with Crippen molar-refractivity contribution in [2.75, 3.05) is 32.8 Å². The molecule has 0 amide bonds. The Bertz CT molecular complexity index is 211. The molecule has 0 heterocycles. The quantitative estimate of drug-likeness (QED) is 0.215. The average Bonchev–Trinajstić information content (AvgIpc) is 2.60. The number of unbranched alkanes of at least 4 members (excludes halogenated alkanes) is 10. The highest BCUT2D eigenvalue weighted by molar-refractivity contribution is 4.53. The standard InChI is InChI=1S/C22H48NO/c1-4-7-10-13-18-23(21-16-17-22-24,19-14-11-8-5-2)20-15-12-9-6-3/h24H,4-22H2,1-3H3/q+1. The Morgan fingerprint density at radius 3 is 1.08 bits per heavy atom. The molecule has 0 bridgehead atoms. The van der Waals surface area contributed by atoms with Crippen LogP contribution in [-0.4, -0.2) is 42.4 Å². The fourth-order valence-electron chi connectivity index (χ4n) is 3.85. The van der Waals surface area contributed by atoms with Gasteiger partial charge in [-0.25, -0.2) is 0 Å². The van der Waals surface area contributed by atoms with E-state index in [1.54, 1.807) is 0 Å². The van der Waals surface area contributed by atoms with Crippen molar-refractivity contribution in [3.05, 3.63) is 0 Å². The highest BCUT2D eigenvalue weighted by Gasteiger charge is 2.25. The molecule has 2 nitrogen and oxygen atoms in total. The molecule has 1 N–H and O–H groups in total. The zero-order chi connectivity index (χ0) is 17.9. The van der Waals surface area contributed by atoms with Crippen molar-refractivity contribution in [3.63, 3.8) is 0 Å². The molecule has 0 fully saturated rings. The van der Waals surface area contributed by atoms with E-state index in [2.05, 4.69) is 20.8 Å². The second kappa shape index (κ2) is 17.7. The molecule has 2 heteroatoms. The predicted molar refractivity (Wildman–Crippen MR) is 108 cm³/mol. The van der Waals surface area contributed by atoms with Gasteiger partial charge in [-0.05, 0) is 51.4 Å². The third-order valence-electron chi connectivity index (χ3n) is 5.50. The van der Waals surface area contributed by atoms with Crippen LogP contribution in [0.3, 0.4) is 0 Å². The van der Waals surface area contributed by atoms with E-state index in [0.29, 0.717) is 6.61 Å². The summed E-state index contributed by atoms with van der Waals surface area (Å²) in [4.78, 5) is 0. The first-order chi connectivity index (χ1) is 11.7. The number of aliphatic hydroxyl groups excluding tert-OH is 1. The molecule has 0 radical (unpaired) electrons. The van der Waals surface area contributed by atoms with Crippen LogP contribution in [0.5, 0.6) is 0 Å². The molecule has 0 atom stereocenters. The fraction of sp³-hybridized carbons (Fsp3) is 1.00. The fourth-order valence-corrected chi connectivity index (χ4v) is 3.85. The maximum absolute atomic E-state index is 9.19. The molecule has 0 aliphatic rings. The molecule has 24 heavy (non-hydrogen) atoms. The van der Waals surface area contributed by atoms with E-state index in [-0.39, 0.29) is 0 Å². The summed E-state index contributed by atoms with van der Waals surface area (Å²) in [6, 6.07) is 0. The van der Waals surface area contributed by atoms with Crippen molar-refractivity contribution in [1.29, 1.82) is 0 Å². The lowest BCUT2D eigenvalue weighted by atomic mass is 10.1. The van der Waals surface area contributed by atoms with Crippen molar-refractivity contribution < 1.29 is 9.59 Å². The van der Waals surface area contributed by atoms with Gasteiger partial charge in [0, 0.05) is 6.61 Å². The van der Waals surface area contributed by atoms with Crippen LogP contribution in [0, 0.1) is 0 Å². The van der Waals surface area contributed by atoms with Crippen LogP contribution in [-0.2, 0) is 0 Å². The highest BCUT2D eigenvalue weighted by atomic mass is 16.2. The Kier molecular flexibility index (Phi) is 17.7. The molecule has 0 rings (SSSR count). The predicted octanol–water partition coefficient (Wildman–Crippen LogP) is 6.32. The third-order valence-corrected chi connectivity index (χ3v) is 5.50. The number of hydrogen-bond donors (Lipinski definition) is 1. The maximum atomic E-state index is 9.19. The van der Waals surface area contributed by atoms with Crippen molar-refractivity contribution in [1.82, 2.24) is 0 Å². The van der Waals surface area contributed by atoms with Gasteiger partial charge < -0.3 is 9.59 Å². The summed E-state index contributed by atoms with van der Waals surface area (Å²) < 4.78 is 1.34. The van der Waals surface area contributed by atoms with Gasteiger partial charge in [0.2, 0.25) is 0 Å². The van der Waals surface area contributed by atoms with Gasteiger partial charge >= 0.3 is 0 Å². The van der Waals surface area contributed by atoms with E-state index in [0.717, 1.165) is 6.42 Å². The largest absolute Gasteiger partial charge is 0.396 e. The second-order valence-electron chi connectivity index (χ2n) is 7.85. The topological polar surface area (TPSA) is 20.2 Å². The minimum atomic E-state index is 0.363. The molecule has 146 valence electrons. The van der Waals surface area contributed by atoms with E-state index in [9.17, 15) is 5.11 Å². The number of nitrogens with zero attached hydrogens (tertiary/aromatic N) is 1.